The van der Waals surface area contributed by atoms with Crippen molar-refractivity contribution in [2.75, 3.05) is 18.0 Å². The van der Waals surface area contributed by atoms with E-state index in [4.69, 9.17) is 17.3 Å². The molecule has 11 heteroatoms. The first-order valence-electron chi connectivity index (χ1n) is 10.8. The number of amides is 1. The molecule has 4 rings (SSSR count). The molecule has 3 aromatic rings. The number of hydrogen-bond acceptors (Lipinski definition) is 7. The van der Waals surface area contributed by atoms with Crippen molar-refractivity contribution in [2.45, 2.75) is 24.7 Å². The fourth-order valence-corrected chi connectivity index (χ4v) is 5.35. The Balaban J connectivity index is 1.91. The second kappa shape index (κ2) is 9.52. The van der Waals surface area contributed by atoms with Gasteiger partial charge in [-0.25, -0.2) is 13.4 Å². The number of carbonyl (C=O) groups is 1. The van der Waals surface area contributed by atoms with Gasteiger partial charge in [0, 0.05) is 30.2 Å². The molecule has 0 unspecified atom stereocenters. The van der Waals surface area contributed by atoms with Crippen LogP contribution in [0.5, 0.6) is 0 Å². The lowest BCUT2D eigenvalue weighted by atomic mass is 9.96. The minimum atomic E-state index is -4.23. The van der Waals surface area contributed by atoms with Crippen LogP contribution in [-0.4, -0.2) is 36.8 Å². The third kappa shape index (κ3) is 4.65. The van der Waals surface area contributed by atoms with Gasteiger partial charge in [0.15, 0.2) is 0 Å². The van der Waals surface area contributed by atoms with E-state index in [0.717, 1.165) is 11.6 Å². The summed E-state index contributed by atoms with van der Waals surface area (Å²) in [6, 6.07) is 10.6. The lowest BCUT2D eigenvalue weighted by Gasteiger charge is -2.32. The van der Waals surface area contributed by atoms with Crippen LogP contribution in [0.15, 0.2) is 57.2 Å². The van der Waals surface area contributed by atoms with E-state index in [1.807, 2.05) is 17.9 Å². The Morgan fingerprint density at radius 2 is 1.89 bits per heavy atom. The van der Waals surface area contributed by atoms with E-state index < -0.39 is 20.3 Å². The van der Waals surface area contributed by atoms with Gasteiger partial charge in [-0.15, -0.1) is 0 Å². The zero-order chi connectivity index (χ0) is 25.3. The SMILES string of the molecule is Cc1cccn2c(=O)c(/C=C(\C#N)S(=O)(=O)c3ccc(Cl)cc3)c(N3CCC(C(N)=O)CC3)nc12. The largest absolute Gasteiger partial charge is 0.369 e. The third-order valence-corrected chi connectivity index (χ3v) is 7.99. The average Bonchev–Trinajstić information content (AvgIpc) is 2.84. The summed E-state index contributed by atoms with van der Waals surface area (Å²) in [7, 11) is -4.23. The summed E-state index contributed by atoms with van der Waals surface area (Å²) < 4.78 is 27.7. The third-order valence-electron chi connectivity index (χ3n) is 6.06. The lowest BCUT2D eigenvalue weighted by molar-refractivity contribution is -0.122. The van der Waals surface area contributed by atoms with Crippen LogP contribution in [0.4, 0.5) is 5.82 Å². The van der Waals surface area contributed by atoms with Crippen LogP contribution in [-0.2, 0) is 14.6 Å². The molecule has 2 aromatic heterocycles. The fraction of sp³-hybridized carbons (Fsp3) is 0.250. The highest BCUT2D eigenvalue weighted by molar-refractivity contribution is 7.95. The van der Waals surface area contributed by atoms with Gasteiger partial charge in [-0.3, -0.25) is 14.0 Å². The van der Waals surface area contributed by atoms with E-state index in [1.54, 1.807) is 12.1 Å². The number of nitrogens with zero attached hydrogens (tertiary/aromatic N) is 4. The number of nitriles is 1. The lowest BCUT2D eigenvalue weighted by Crippen LogP contribution is -2.40. The molecule has 1 aromatic carbocycles. The summed E-state index contributed by atoms with van der Waals surface area (Å²) >= 11 is 5.87. The first-order valence-corrected chi connectivity index (χ1v) is 12.7. The maximum Gasteiger partial charge on any atom is 0.267 e. The molecule has 0 atom stereocenters. The van der Waals surface area contributed by atoms with Gasteiger partial charge in [0.1, 0.15) is 22.4 Å². The topological polar surface area (TPSA) is 139 Å². The molecule has 1 aliphatic rings. The molecule has 0 radical (unpaired) electrons. The molecule has 2 N–H and O–H groups in total. The standard InChI is InChI=1S/C24H22ClN5O4S/c1-15-3-2-10-30-22(15)28-23(29-11-8-16(9-12-29)21(27)31)20(24(30)32)13-19(14-26)35(33,34)18-6-4-17(25)5-7-18/h2-7,10,13,16H,8-9,11-12H2,1H3,(H2,27,31)/b19-13+. The number of sulfone groups is 1. The Kier molecular flexibility index (Phi) is 6.65. The number of piperidine rings is 1. The van der Waals surface area contributed by atoms with Crippen molar-refractivity contribution in [1.82, 2.24) is 9.38 Å². The van der Waals surface area contributed by atoms with Gasteiger partial charge in [0.25, 0.3) is 5.56 Å². The van der Waals surface area contributed by atoms with Crippen molar-refractivity contribution in [3.8, 4) is 6.07 Å². The first kappa shape index (κ1) is 24.4. The number of allylic oxidation sites excluding steroid dienone is 1. The predicted molar refractivity (Wildman–Crippen MR) is 133 cm³/mol. The van der Waals surface area contributed by atoms with Gasteiger partial charge in [0.2, 0.25) is 15.7 Å². The number of pyridine rings is 1. The molecular weight excluding hydrogens is 490 g/mol. The number of nitrogens with two attached hydrogens (primary N) is 1. The molecule has 0 aliphatic carbocycles. The summed E-state index contributed by atoms with van der Waals surface area (Å²) in [5, 5.41) is 10.1. The minimum absolute atomic E-state index is 0.0280. The fourth-order valence-electron chi connectivity index (χ4n) is 4.09. The van der Waals surface area contributed by atoms with Crippen LogP contribution < -0.4 is 16.2 Å². The van der Waals surface area contributed by atoms with Crippen LogP contribution in [0.2, 0.25) is 5.02 Å². The van der Waals surface area contributed by atoms with E-state index in [0.29, 0.717) is 36.6 Å². The number of aryl methyl sites for hydroxylation is 1. The number of anilines is 1. The highest BCUT2D eigenvalue weighted by atomic mass is 35.5. The average molecular weight is 512 g/mol. The summed E-state index contributed by atoms with van der Waals surface area (Å²) in [4.78, 5) is 30.9. The maximum absolute atomic E-state index is 13.5. The molecule has 1 aliphatic heterocycles. The molecule has 0 saturated carbocycles. The van der Waals surface area contributed by atoms with E-state index in [9.17, 15) is 23.3 Å². The summed E-state index contributed by atoms with van der Waals surface area (Å²) in [6.07, 6.45) is 3.56. The van der Waals surface area contributed by atoms with Crippen LogP contribution in [0.3, 0.4) is 0 Å². The smallest absolute Gasteiger partial charge is 0.267 e. The second-order valence-corrected chi connectivity index (χ2v) is 10.6. The van der Waals surface area contributed by atoms with Crippen molar-refractivity contribution in [1.29, 1.82) is 5.26 Å². The summed E-state index contributed by atoms with van der Waals surface area (Å²) in [5.41, 5.74) is 6.08. The highest BCUT2D eigenvalue weighted by Crippen LogP contribution is 2.28. The molecule has 0 bridgehead atoms. The van der Waals surface area contributed by atoms with Crippen molar-refractivity contribution in [3.63, 3.8) is 0 Å². The molecule has 35 heavy (non-hydrogen) atoms. The van der Waals surface area contributed by atoms with Crippen molar-refractivity contribution in [3.05, 3.63) is 74.0 Å². The number of benzene rings is 1. The number of primary amides is 1. The molecule has 1 amide bonds. The number of rotatable bonds is 5. The number of aromatic nitrogens is 2. The number of halogens is 1. The van der Waals surface area contributed by atoms with E-state index in [1.165, 1.54) is 34.9 Å². The Labute approximate surface area is 207 Å². The Morgan fingerprint density at radius 1 is 1.23 bits per heavy atom. The quantitative estimate of drug-likeness (QED) is 0.519. The minimum Gasteiger partial charge on any atom is -0.369 e. The molecule has 3 heterocycles. The first-order chi connectivity index (χ1) is 16.6. The molecule has 1 fully saturated rings. The monoisotopic (exact) mass is 511 g/mol. The Hall–Kier alpha value is -3.68. The van der Waals surface area contributed by atoms with Crippen LogP contribution >= 0.6 is 11.6 Å². The van der Waals surface area contributed by atoms with Gasteiger partial charge in [-0.2, -0.15) is 5.26 Å². The van der Waals surface area contributed by atoms with E-state index in [-0.39, 0.29) is 28.1 Å². The molecule has 180 valence electrons. The molecule has 9 nitrogen and oxygen atoms in total. The molecular formula is C24H22ClN5O4S. The zero-order valence-corrected chi connectivity index (χ0v) is 20.4. The predicted octanol–water partition coefficient (Wildman–Crippen LogP) is 2.70. The Bertz CT molecular complexity index is 1550. The normalized spacial score (nSPS) is 15.2. The van der Waals surface area contributed by atoms with Crippen molar-refractivity contribution >= 4 is 44.9 Å². The van der Waals surface area contributed by atoms with Crippen LogP contribution in [0, 0.1) is 24.2 Å². The molecule has 1 saturated heterocycles. The number of carbonyl (C=O) groups excluding carboxylic acids is 1. The second-order valence-electron chi connectivity index (χ2n) is 8.28. The van der Waals surface area contributed by atoms with Gasteiger partial charge >= 0.3 is 0 Å². The number of fused-ring (bicyclic) bond motifs is 1. The van der Waals surface area contributed by atoms with Gasteiger partial charge < -0.3 is 10.6 Å². The number of hydrogen-bond donors (Lipinski definition) is 1. The van der Waals surface area contributed by atoms with Crippen LogP contribution in [0.25, 0.3) is 11.7 Å². The zero-order valence-electron chi connectivity index (χ0n) is 18.8. The van der Waals surface area contributed by atoms with Crippen molar-refractivity contribution in [2.24, 2.45) is 11.7 Å². The highest BCUT2D eigenvalue weighted by Gasteiger charge is 2.28. The Morgan fingerprint density at radius 3 is 2.49 bits per heavy atom. The maximum atomic E-state index is 13.5. The van der Waals surface area contributed by atoms with Crippen molar-refractivity contribution < 1.29 is 13.2 Å². The van der Waals surface area contributed by atoms with E-state index in [2.05, 4.69) is 4.98 Å². The summed E-state index contributed by atoms with van der Waals surface area (Å²) in [6.45, 7) is 2.61. The molecule has 0 spiro atoms. The van der Waals surface area contributed by atoms with Gasteiger partial charge in [-0.1, -0.05) is 17.7 Å². The van der Waals surface area contributed by atoms with Gasteiger partial charge in [-0.05, 0) is 61.7 Å². The van der Waals surface area contributed by atoms with Gasteiger partial charge in [0.05, 0.1) is 10.5 Å². The van der Waals surface area contributed by atoms with Crippen LogP contribution in [0.1, 0.15) is 24.0 Å². The van der Waals surface area contributed by atoms with E-state index >= 15 is 0 Å². The summed E-state index contributed by atoms with van der Waals surface area (Å²) in [5.74, 6) is -0.410.